The zero-order valence-corrected chi connectivity index (χ0v) is 13.9. The van der Waals surface area contributed by atoms with Crippen molar-refractivity contribution in [3.63, 3.8) is 0 Å². The Morgan fingerprint density at radius 2 is 1.95 bits per heavy atom. The van der Waals surface area contributed by atoms with Crippen LogP contribution in [0.3, 0.4) is 0 Å². The number of nitrogens with one attached hydrogen (secondary N) is 1. The van der Waals surface area contributed by atoms with E-state index >= 15 is 0 Å². The van der Waals surface area contributed by atoms with Crippen LogP contribution in [0.4, 0.5) is 4.39 Å². The number of rotatable bonds is 4. The molecule has 2 rings (SSSR count). The van der Waals surface area contributed by atoms with E-state index in [1.165, 1.54) is 13.2 Å². The molecule has 21 heavy (non-hydrogen) atoms. The van der Waals surface area contributed by atoms with Crippen LogP contribution < -0.4 is 9.46 Å². The van der Waals surface area contributed by atoms with Crippen molar-refractivity contribution in [3.8, 4) is 5.75 Å². The molecule has 0 bridgehead atoms. The summed E-state index contributed by atoms with van der Waals surface area (Å²) in [6.07, 6.45) is 1.84. The van der Waals surface area contributed by atoms with Crippen molar-refractivity contribution in [2.45, 2.75) is 42.7 Å². The highest BCUT2D eigenvalue weighted by atomic mass is 79.9. The first kappa shape index (κ1) is 16.7. The lowest BCUT2D eigenvalue weighted by Gasteiger charge is -2.26. The Hall–Kier alpha value is -0.700. The highest BCUT2D eigenvalue weighted by molar-refractivity contribution is 9.10. The monoisotopic (exact) mass is 381 g/mol. The Labute approximate surface area is 131 Å². The minimum Gasteiger partial charge on any atom is -0.492 e. The van der Waals surface area contributed by atoms with Gasteiger partial charge in [-0.1, -0.05) is 15.9 Å². The van der Waals surface area contributed by atoms with Gasteiger partial charge >= 0.3 is 0 Å². The van der Waals surface area contributed by atoms with Crippen LogP contribution in [-0.2, 0) is 10.0 Å². The predicted octanol–water partition coefficient (Wildman–Crippen LogP) is 2.18. The SMILES string of the molecule is COc1c(F)cc(Br)cc1S(=O)(=O)N[C@H]1CC[C@@H](O)CC1. The Bertz CT molecular complexity index is 615. The summed E-state index contributed by atoms with van der Waals surface area (Å²) in [4.78, 5) is -0.233. The average Bonchev–Trinajstić information content (AvgIpc) is 2.40. The first-order valence-corrected chi connectivity index (χ1v) is 8.84. The molecule has 1 aliphatic carbocycles. The highest BCUT2D eigenvalue weighted by Gasteiger charge is 2.28. The number of aliphatic hydroxyl groups excluding tert-OH is 1. The Morgan fingerprint density at radius 1 is 1.33 bits per heavy atom. The maximum Gasteiger partial charge on any atom is 0.244 e. The van der Waals surface area contributed by atoms with Crippen LogP contribution in [0.15, 0.2) is 21.5 Å². The van der Waals surface area contributed by atoms with Crippen molar-refractivity contribution in [1.29, 1.82) is 0 Å². The summed E-state index contributed by atoms with van der Waals surface area (Å²) in [5, 5.41) is 9.44. The Balaban J connectivity index is 2.27. The number of benzene rings is 1. The molecular formula is C13H17BrFNO4S. The van der Waals surface area contributed by atoms with E-state index in [0.717, 1.165) is 6.07 Å². The second-order valence-corrected chi connectivity index (χ2v) is 7.64. The van der Waals surface area contributed by atoms with Crippen LogP contribution in [0.2, 0.25) is 0 Å². The molecule has 0 saturated heterocycles. The van der Waals surface area contributed by atoms with Crippen molar-refractivity contribution < 1.29 is 22.7 Å². The van der Waals surface area contributed by atoms with Crippen molar-refractivity contribution in [3.05, 3.63) is 22.4 Å². The van der Waals surface area contributed by atoms with Gasteiger partial charge in [0.05, 0.1) is 13.2 Å². The summed E-state index contributed by atoms with van der Waals surface area (Å²) in [5.41, 5.74) is 0. The fourth-order valence-corrected chi connectivity index (χ4v) is 4.50. The van der Waals surface area contributed by atoms with E-state index in [-0.39, 0.29) is 22.8 Å². The van der Waals surface area contributed by atoms with Gasteiger partial charge in [0.2, 0.25) is 10.0 Å². The number of halogens is 2. The molecule has 0 aromatic heterocycles. The molecule has 1 saturated carbocycles. The summed E-state index contributed by atoms with van der Waals surface area (Å²) < 4.78 is 46.4. The Morgan fingerprint density at radius 3 is 2.52 bits per heavy atom. The maximum atomic E-state index is 13.8. The van der Waals surface area contributed by atoms with E-state index in [4.69, 9.17) is 4.74 Å². The fourth-order valence-electron chi connectivity index (χ4n) is 2.41. The van der Waals surface area contributed by atoms with Crippen LogP contribution in [0.25, 0.3) is 0 Å². The van der Waals surface area contributed by atoms with E-state index in [1.807, 2.05) is 0 Å². The van der Waals surface area contributed by atoms with Gasteiger partial charge in [-0.25, -0.2) is 17.5 Å². The number of aliphatic hydroxyl groups is 1. The molecule has 0 amide bonds. The van der Waals surface area contributed by atoms with Gasteiger partial charge in [-0.15, -0.1) is 0 Å². The maximum absolute atomic E-state index is 13.8. The topological polar surface area (TPSA) is 75.6 Å². The molecule has 8 heteroatoms. The second-order valence-electron chi connectivity index (χ2n) is 5.05. The largest absolute Gasteiger partial charge is 0.492 e. The molecule has 0 atom stereocenters. The van der Waals surface area contributed by atoms with Crippen molar-refractivity contribution in [2.75, 3.05) is 7.11 Å². The van der Waals surface area contributed by atoms with E-state index in [9.17, 15) is 17.9 Å². The minimum atomic E-state index is -3.89. The third kappa shape index (κ3) is 3.94. The molecule has 1 fully saturated rings. The van der Waals surface area contributed by atoms with Gasteiger partial charge in [-0.2, -0.15) is 0 Å². The van der Waals surface area contributed by atoms with Crippen molar-refractivity contribution in [2.24, 2.45) is 0 Å². The number of sulfonamides is 1. The minimum absolute atomic E-state index is 0.233. The first-order valence-electron chi connectivity index (χ1n) is 6.57. The average molecular weight is 382 g/mol. The predicted molar refractivity (Wildman–Crippen MR) is 79.2 cm³/mol. The summed E-state index contributed by atoms with van der Waals surface area (Å²) in [6, 6.07) is 2.20. The van der Waals surface area contributed by atoms with Crippen molar-refractivity contribution in [1.82, 2.24) is 4.72 Å². The smallest absolute Gasteiger partial charge is 0.244 e. The number of methoxy groups -OCH3 is 1. The molecule has 0 spiro atoms. The van der Waals surface area contributed by atoms with Crippen LogP contribution >= 0.6 is 15.9 Å². The molecule has 0 heterocycles. The summed E-state index contributed by atoms with van der Waals surface area (Å²) >= 11 is 3.08. The molecule has 2 N–H and O–H groups in total. The molecule has 0 radical (unpaired) electrons. The molecule has 0 unspecified atom stereocenters. The van der Waals surface area contributed by atoms with Gasteiger partial charge in [0.25, 0.3) is 0 Å². The lowest BCUT2D eigenvalue weighted by atomic mass is 9.94. The molecule has 5 nitrogen and oxygen atoms in total. The first-order chi connectivity index (χ1) is 9.83. The van der Waals surface area contributed by atoms with Crippen LogP contribution in [0.5, 0.6) is 5.75 Å². The van der Waals surface area contributed by atoms with Crippen LogP contribution in [-0.4, -0.2) is 32.8 Å². The lowest BCUT2D eigenvalue weighted by Crippen LogP contribution is -2.38. The number of hydrogen-bond donors (Lipinski definition) is 2. The summed E-state index contributed by atoms with van der Waals surface area (Å²) in [5.74, 6) is -1.05. The van der Waals surface area contributed by atoms with E-state index in [1.54, 1.807) is 0 Å². The van der Waals surface area contributed by atoms with Crippen molar-refractivity contribution >= 4 is 26.0 Å². The lowest BCUT2D eigenvalue weighted by molar-refractivity contribution is 0.120. The zero-order valence-electron chi connectivity index (χ0n) is 11.5. The van der Waals surface area contributed by atoms with Gasteiger partial charge in [-0.3, -0.25) is 0 Å². The summed E-state index contributed by atoms with van der Waals surface area (Å²) in [7, 11) is -2.67. The summed E-state index contributed by atoms with van der Waals surface area (Å²) in [6.45, 7) is 0. The van der Waals surface area contributed by atoms with E-state index < -0.39 is 15.8 Å². The zero-order chi connectivity index (χ0) is 15.6. The van der Waals surface area contributed by atoms with Crippen LogP contribution in [0.1, 0.15) is 25.7 Å². The van der Waals surface area contributed by atoms with Gasteiger partial charge < -0.3 is 9.84 Å². The van der Waals surface area contributed by atoms with E-state index in [2.05, 4.69) is 20.7 Å². The number of hydrogen-bond acceptors (Lipinski definition) is 4. The van der Waals surface area contributed by atoms with Crippen LogP contribution in [0, 0.1) is 5.82 Å². The molecule has 1 aliphatic rings. The Kier molecular flexibility index (Phi) is 5.24. The molecule has 118 valence electrons. The fraction of sp³-hybridized carbons (Fsp3) is 0.538. The van der Waals surface area contributed by atoms with Gasteiger partial charge in [0, 0.05) is 10.5 Å². The van der Waals surface area contributed by atoms with E-state index in [0.29, 0.717) is 30.2 Å². The molecule has 1 aromatic rings. The normalized spacial score (nSPS) is 23.0. The molecule has 1 aromatic carbocycles. The van der Waals surface area contributed by atoms with Gasteiger partial charge in [0.1, 0.15) is 4.90 Å². The standard InChI is InChI=1S/C13H17BrFNO4S/c1-20-13-11(15)6-8(14)7-12(13)21(18,19)16-9-2-4-10(17)5-3-9/h6-7,9-10,16-17H,2-5H2,1H3/t9-,10+. The highest BCUT2D eigenvalue weighted by Crippen LogP contribution is 2.31. The number of ether oxygens (including phenoxy) is 1. The quantitative estimate of drug-likeness (QED) is 0.837. The molecular weight excluding hydrogens is 365 g/mol. The molecule has 0 aliphatic heterocycles. The third-order valence-electron chi connectivity index (χ3n) is 3.49. The third-order valence-corrected chi connectivity index (χ3v) is 5.47. The van der Waals surface area contributed by atoms with Gasteiger partial charge in [-0.05, 0) is 37.8 Å². The second kappa shape index (κ2) is 6.60. The van der Waals surface area contributed by atoms with Gasteiger partial charge in [0.15, 0.2) is 11.6 Å².